The van der Waals surface area contributed by atoms with Crippen LogP contribution in [-0.2, 0) is 0 Å². The molecule has 1 N–H and O–H groups in total. The highest BCUT2D eigenvalue weighted by molar-refractivity contribution is 5.32. The molecule has 0 amide bonds. The lowest BCUT2D eigenvalue weighted by molar-refractivity contribution is 0.118. The summed E-state index contributed by atoms with van der Waals surface area (Å²) in [5.41, 5.74) is -0.214. The number of hydrogen-bond acceptors (Lipinski definition) is 2. The van der Waals surface area contributed by atoms with Crippen LogP contribution in [0.15, 0.2) is 12.1 Å². The average molecular weight is 282 g/mol. The molecule has 2 bridgehead atoms. The zero-order valence-corrected chi connectivity index (χ0v) is 11.6. The Morgan fingerprint density at radius 3 is 2.45 bits per heavy atom. The maximum absolute atomic E-state index is 13.9. The highest BCUT2D eigenvalue weighted by Gasteiger charge is 2.40. The SMILES string of the molecule is COc1cc(F)c(C(O)CC2CC3CCC2C3)c(F)c1. The van der Waals surface area contributed by atoms with E-state index in [2.05, 4.69) is 0 Å². The highest BCUT2D eigenvalue weighted by Crippen LogP contribution is 2.51. The van der Waals surface area contributed by atoms with Crippen LogP contribution in [0.25, 0.3) is 0 Å². The van der Waals surface area contributed by atoms with Gasteiger partial charge in [0.25, 0.3) is 0 Å². The van der Waals surface area contributed by atoms with Gasteiger partial charge in [0.15, 0.2) is 0 Å². The molecule has 20 heavy (non-hydrogen) atoms. The van der Waals surface area contributed by atoms with Gasteiger partial charge in [0.05, 0.1) is 18.8 Å². The van der Waals surface area contributed by atoms with Crippen LogP contribution >= 0.6 is 0 Å². The molecule has 0 saturated heterocycles. The van der Waals surface area contributed by atoms with Crippen LogP contribution in [-0.4, -0.2) is 12.2 Å². The van der Waals surface area contributed by atoms with Crippen molar-refractivity contribution in [1.82, 2.24) is 0 Å². The van der Waals surface area contributed by atoms with Crippen LogP contribution in [0.1, 0.15) is 43.8 Å². The first-order valence-electron chi connectivity index (χ1n) is 7.29. The van der Waals surface area contributed by atoms with E-state index in [0.717, 1.165) is 24.5 Å². The van der Waals surface area contributed by atoms with Gasteiger partial charge in [0.2, 0.25) is 0 Å². The summed E-state index contributed by atoms with van der Waals surface area (Å²) < 4.78 is 32.7. The lowest BCUT2D eigenvalue weighted by Crippen LogP contribution is -2.16. The van der Waals surface area contributed by atoms with E-state index in [1.807, 2.05) is 0 Å². The van der Waals surface area contributed by atoms with Gasteiger partial charge in [-0.15, -0.1) is 0 Å². The predicted molar refractivity (Wildman–Crippen MR) is 71.4 cm³/mol. The fourth-order valence-electron chi connectivity index (χ4n) is 4.07. The molecule has 0 radical (unpaired) electrons. The molecule has 4 unspecified atom stereocenters. The molecule has 0 heterocycles. The Bertz CT molecular complexity index is 480. The summed E-state index contributed by atoms with van der Waals surface area (Å²) in [4.78, 5) is 0. The molecule has 4 heteroatoms. The van der Waals surface area contributed by atoms with E-state index < -0.39 is 17.7 Å². The zero-order valence-electron chi connectivity index (χ0n) is 11.6. The minimum absolute atomic E-state index is 0.135. The predicted octanol–water partition coefficient (Wildman–Crippen LogP) is 3.83. The van der Waals surface area contributed by atoms with Gasteiger partial charge in [-0.1, -0.05) is 6.42 Å². The summed E-state index contributed by atoms with van der Waals surface area (Å²) >= 11 is 0. The Hall–Kier alpha value is -1.16. The summed E-state index contributed by atoms with van der Waals surface area (Å²) in [5, 5.41) is 10.2. The number of methoxy groups -OCH3 is 1. The van der Waals surface area contributed by atoms with Crippen LogP contribution in [0.3, 0.4) is 0 Å². The van der Waals surface area contributed by atoms with Crippen molar-refractivity contribution in [2.24, 2.45) is 17.8 Å². The number of ether oxygens (including phenoxy) is 1. The molecular weight excluding hydrogens is 262 g/mol. The Labute approximate surface area is 117 Å². The van der Waals surface area contributed by atoms with Crippen molar-refractivity contribution in [1.29, 1.82) is 0 Å². The van der Waals surface area contributed by atoms with E-state index in [-0.39, 0.29) is 11.3 Å². The van der Waals surface area contributed by atoms with Crippen molar-refractivity contribution in [3.05, 3.63) is 29.3 Å². The lowest BCUT2D eigenvalue weighted by Gasteiger charge is -2.24. The van der Waals surface area contributed by atoms with Crippen LogP contribution < -0.4 is 4.74 Å². The van der Waals surface area contributed by atoms with Crippen LogP contribution in [0, 0.1) is 29.4 Å². The van der Waals surface area contributed by atoms with E-state index in [1.165, 1.54) is 26.4 Å². The van der Waals surface area contributed by atoms with Gasteiger partial charge >= 0.3 is 0 Å². The molecule has 1 aromatic carbocycles. The molecule has 2 nitrogen and oxygen atoms in total. The van der Waals surface area contributed by atoms with Crippen molar-refractivity contribution in [3.63, 3.8) is 0 Å². The van der Waals surface area contributed by atoms with Gasteiger partial charge < -0.3 is 9.84 Å². The first-order chi connectivity index (χ1) is 9.58. The minimum Gasteiger partial charge on any atom is -0.497 e. The number of rotatable bonds is 4. The molecule has 1 aromatic rings. The largest absolute Gasteiger partial charge is 0.497 e. The van der Waals surface area contributed by atoms with Gasteiger partial charge in [0.1, 0.15) is 17.4 Å². The smallest absolute Gasteiger partial charge is 0.135 e. The van der Waals surface area contributed by atoms with Crippen molar-refractivity contribution in [2.45, 2.75) is 38.2 Å². The first-order valence-corrected chi connectivity index (χ1v) is 7.29. The molecule has 2 fully saturated rings. The molecule has 2 saturated carbocycles. The van der Waals surface area contributed by atoms with E-state index in [0.29, 0.717) is 18.3 Å². The van der Waals surface area contributed by atoms with Gasteiger partial charge in [-0.05, 0) is 43.4 Å². The number of aliphatic hydroxyl groups is 1. The Balaban J connectivity index is 1.75. The van der Waals surface area contributed by atoms with Crippen LogP contribution in [0.2, 0.25) is 0 Å². The standard InChI is InChI=1S/C16H20F2O2/c1-20-12-7-13(17)16(14(18)8-12)15(19)6-11-5-9-2-3-10(11)4-9/h7-11,15,19H,2-6H2,1H3. The normalized spacial score (nSPS) is 29.7. The van der Waals surface area contributed by atoms with Crippen molar-refractivity contribution in [3.8, 4) is 5.75 Å². The molecule has 3 rings (SSSR count). The summed E-state index contributed by atoms with van der Waals surface area (Å²) in [7, 11) is 1.36. The van der Waals surface area contributed by atoms with Crippen molar-refractivity contribution >= 4 is 0 Å². The minimum atomic E-state index is -1.06. The monoisotopic (exact) mass is 282 g/mol. The second kappa shape index (κ2) is 5.32. The third kappa shape index (κ3) is 2.41. The van der Waals surface area contributed by atoms with Gasteiger partial charge in [-0.25, -0.2) is 8.78 Å². The molecule has 0 spiro atoms. The van der Waals surface area contributed by atoms with E-state index in [1.54, 1.807) is 0 Å². The van der Waals surface area contributed by atoms with Crippen LogP contribution in [0.5, 0.6) is 5.75 Å². The van der Waals surface area contributed by atoms with E-state index in [9.17, 15) is 13.9 Å². The topological polar surface area (TPSA) is 29.5 Å². The van der Waals surface area contributed by atoms with E-state index >= 15 is 0 Å². The molecule has 0 aromatic heterocycles. The summed E-state index contributed by atoms with van der Waals surface area (Å²) in [6.45, 7) is 0. The quantitative estimate of drug-likeness (QED) is 0.909. The van der Waals surface area contributed by atoms with Gasteiger partial charge in [0, 0.05) is 12.1 Å². The molecular formula is C16H20F2O2. The zero-order chi connectivity index (χ0) is 14.3. The van der Waals surface area contributed by atoms with E-state index in [4.69, 9.17) is 4.74 Å². The highest BCUT2D eigenvalue weighted by atomic mass is 19.1. The molecule has 4 atom stereocenters. The molecule has 2 aliphatic rings. The number of aliphatic hydroxyl groups excluding tert-OH is 1. The lowest BCUT2D eigenvalue weighted by atomic mass is 9.83. The number of hydrogen-bond donors (Lipinski definition) is 1. The Morgan fingerprint density at radius 2 is 1.95 bits per heavy atom. The Morgan fingerprint density at radius 1 is 1.25 bits per heavy atom. The number of benzene rings is 1. The summed E-state index contributed by atoms with van der Waals surface area (Å²) in [6.07, 6.45) is 4.20. The van der Waals surface area contributed by atoms with Gasteiger partial charge in [-0.2, -0.15) is 0 Å². The number of halogens is 2. The molecule has 110 valence electrons. The Kier molecular flexibility index (Phi) is 3.67. The van der Waals surface area contributed by atoms with Crippen LogP contribution in [0.4, 0.5) is 8.78 Å². The average Bonchev–Trinajstić information content (AvgIpc) is 2.99. The van der Waals surface area contributed by atoms with Crippen molar-refractivity contribution < 1.29 is 18.6 Å². The second-order valence-corrected chi connectivity index (χ2v) is 6.19. The molecule has 0 aliphatic heterocycles. The fourth-order valence-corrected chi connectivity index (χ4v) is 4.07. The summed E-state index contributed by atoms with van der Waals surface area (Å²) in [6, 6.07) is 2.25. The molecule has 2 aliphatic carbocycles. The third-order valence-electron chi connectivity index (χ3n) is 5.03. The first kappa shape index (κ1) is 13.8. The fraction of sp³-hybridized carbons (Fsp3) is 0.625. The van der Waals surface area contributed by atoms with Crippen molar-refractivity contribution in [2.75, 3.05) is 7.11 Å². The third-order valence-corrected chi connectivity index (χ3v) is 5.03. The maximum atomic E-state index is 13.9. The second-order valence-electron chi connectivity index (χ2n) is 6.19. The van der Waals surface area contributed by atoms with Gasteiger partial charge in [-0.3, -0.25) is 0 Å². The number of fused-ring (bicyclic) bond motifs is 2. The summed E-state index contributed by atoms with van der Waals surface area (Å²) in [5.74, 6) is 0.498. The maximum Gasteiger partial charge on any atom is 0.135 e.